The first-order valence-electron chi connectivity index (χ1n) is 10.9. The average Bonchev–Trinajstić information content (AvgIpc) is 2.79. The van der Waals surface area contributed by atoms with E-state index >= 15 is 0 Å². The molecule has 0 spiro atoms. The van der Waals surface area contributed by atoms with Crippen molar-refractivity contribution in [3.63, 3.8) is 0 Å². The molecule has 0 bridgehead atoms. The molecular formula is C23H28F2N4O4S. The van der Waals surface area contributed by atoms with Gasteiger partial charge in [-0.15, -0.1) is 0 Å². The average molecular weight is 495 g/mol. The van der Waals surface area contributed by atoms with E-state index in [4.69, 9.17) is 0 Å². The first kappa shape index (κ1) is 25.7. The highest BCUT2D eigenvalue weighted by Gasteiger charge is 2.24. The molecule has 1 fully saturated rings. The summed E-state index contributed by atoms with van der Waals surface area (Å²) >= 11 is 0. The molecule has 1 saturated heterocycles. The van der Waals surface area contributed by atoms with Gasteiger partial charge in [0, 0.05) is 24.8 Å². The molecular weight excluding hydrogens is 466 g/mol. The lowest BCUT2D eigenvalue weighted by molar-refractivity contribution is -0.125. The first-order valence-corrected chi connectivity index (χ1v) is 12.4. The number of amides is 2. The van der Waals surface area contributed by atoms with Crippen molar-refractivity contribution in [1.82, 2.24) is 14.9 Å². The van der Waals surface area contributed by atoms with E-state index < -0.39 is 27.6 Å². The van der Waals surface area contributed by atoms with Gasteiger partial charge in [-0.25, -0.2) is 21.9 Å². The number of rotatable bonds is 9. The Hall–Kier alpha value is -2.89. The van der Waals surface area contributed by atoms with Crippen LogP contribution >= 0.6 is 0 Å². The number of carbonyl (C=O) groups is 2. The van der Waals surface area contributed by atoms with Crippen LogP contribution in [-0.4, -0.2) is 57.9 Å². The van der Waals surface area contributed by atoms with Crippen LogP contribution in [0.2, 0.25) is 0 Å². The highest BCUT2D eigenvalue weighted by Crippen LogP contribution is 2.17. The van der Waals surface area contributed by atoms with Gasteiger partial charge >= 0.3 is 0 Å². The minimum absolute atomic E-state index is 0.0541. The van der Waals surface area contributed by atoms with E-state index in [1.165, 1.54) is 6.07 Å². The molecule has 0 saturated carbocycles. The topological polar surface area (TPSA) is 108 Å². The molecule has 1 atom stereocenters. The lowest BCUT2D eigenvalue weighted by Crippen LogP contribution is -2.46. The van der Waals surface area contributed by atoms with E-state index in [2.05, 4.69) is 15.4 Å². The van der Waals surface area contributed by atoms with Gasteiger partial charge < -0.3 is 10.6 Å². The normalized spacial score (nSPS) is 16.7. The Labute approximate surface area is 197 Å². The molecule has 1 unspecified atom stereocenters. The zero-order chi connectivity index (χ0) is 24.7. The van der Waals surface area contributed by atoms with Crippen molar-refractivity contribution in [2.45, 2.75) is 24.7 Å². The highest BCUT2D eigenvalue weighted by atomic mass is 32.2. The minimum Gasteiger partial charge on any atom is -0.346 e. The number of hydrogen-bond acceptors (Lipinski definition) is 5. The second-order valence-electron chi connectivity index (χ2n) is 8.36. The fourth-order valence-corrected chi connectivity index (χ4v) is 4.82. The van der Waals surface area contributed by atoms with Crippen LogP contribution in [0.4, 0.5) is 14.5 Å². The Morgan fingerprint density at radius 3 is 2.50 bits per heavy atom. The fraction of sp³-hybridized carbons (Fsp3) is 0.391. The number of benzene rings is 2. The molecule has 8 nitrogen and oxygen atoms in total. The van der Waals surface area contributed by atoms with Gasteiger partial charge in [0.25, 0.3) is 0 Å². The first-order chi connectivity index (χ1) is 16.1. The highest BCUT2D eigenvalue weighted by molar-refractivity contribution is 7.89. The lowest BCUT2D eigenvalue weighted by atomic mass is 9.98. The van der Waals surface area contributed by atoms with E-state index in [9.17, 15) is 26.8 Å². The third-order valence-corrected chi connectivity index (χ3v) is 6.95. The van der Waals surface area contributed by atoms with Gasteiger partial charge in [-0.1, -0.05) is 17.7 Å². The molecule has 3 N–H and O–H groups in total. The Kier molecular flexibility index (Phi) is 8.70. The number of nitrogens with zero attached hydrogens (tertiary/aromatic N) is 1. The second kappa shape index (κ2) is 11.5. The maximum absolute atomic E-state index is 13.2. The van der Waals surface area contributed by atoms with Gasteiger partial charge in [0.2, 0.25) is 21.8 Å². The second-order valence-corrected chi connectivity index (χ2v) is 10.1. The van der Waals surface area contributed by atoms with Gasteiger partial charge in [0.1, 0.15) is 0 Å². The van der Waals surface area contributed by atoms with Crippen LogP contribution in [0.25, 0.3) is 0 Å². The number of piperidine rings is 1. The van der Waals surface area contributed by atoms with Gasteiger partial charge in [0.05, 0.1) is 18.0 Å². The molecule has 184 valence electrons. The van der Waals surface area contributed by atoms with E-state index in [1.807, 2.05) is 11.8 Å². The smallest absolute Gasteiger partial charge is 0.243 e. The summed E-state index contributed by atoms with van der Waals surface area (Å²) in [5.74, 6) is -2.97. The molecule has 3 rings (SSSR count). The third-order valence-electron chi connectivity index (χ3n) is 5.51. The SMILES string of the molecule is Cc1ccc(S(=O)(=O)NCC2CCCN(CC(=O)NCC(=O)Nc3ccc(F)c(F)c3)C2)cc1. The molecule has 1 heterocycles. The molecule has 0 radical (unpaired) electrons. The van der Waals surface area contributed by atoms with Crippen molar-refractivity contribution in [2.24, 2.45) is 5.92 Å². The molecule has 2 amide bonds. The van der Waals surface area contributed by atoms with Crippen molar-refractivity contribution in [3.8, 4) is 0 Å². The van der Waals surface area contributed by atoms with Gasteiger partial charge in [-0.05, 0) is 56.5 Å². The number of aryl methyl sites for hydroxylation is 1. The monoisotopic (exact) mass is 494 g/mol. The van der Waals surface area contributed by atoms with Crippen LogP contribution in [0.15, 0.2) is 47.4 Å². The van der Waals surface area contributed by atoms with E-state index in [1.54, 1.807) is 24.3 Å². The predicted octanol–water partition coefficient (Wildman–Crippen LogP) is 2.02. The summed E-state index contributed by atoms with van der Waals surface area (Å²) < 4.78 is 53.8. The lowest BCUT2D eigenvalue weighted by Gasteiger charge is -2.32. The van der Waals surface area contributed by atoms with Crippen LogP contribution in [0, 0.1) is 24.5 Å². The van der Waals surface area contributed by atoms with Crippen molar-refractivity contribution in [2.75, 3.05) is 38.0 Å². The minimum atomic E-state index is -3.60. The maximum Gasteiger partial charge on any atom is 0.243 e. The largest absolute Gasteiger partial charge is 0.346 e. The van der Waals surface area contributed by atoms with Crippen LogP contribution in [0.5, 0.6) is 0 Å². The zero-order valence-corrected chi connectivity index (χ0v) is 19.6. The molecule has 0 aliphatic carbocycles. The molecule has 1 aliphatic rings. The molecule has 0 aromatic heterocycles. The van der Waals surface area contributed by atoms with Crippen molar-refractivity contribution in [3.05, 3.63) is 59.7 Å². The number of sulfonamides is 1. The van der Waals surface area contributed by atoms with Crippen LogP contribution in [-0.2, 0) is 19.6 Å². The Bertz CT molecular complexity index is 1130. The maximum atomic E-state index is 13.2. The Balaban J connectivity index is 1.41. The summed E-state index contributed by atoms with van der Waals surface area (Å²) in [7, 11) is -3.60. The summed E-state index contributed by atoms with van der Waals surface area (Å²) in [5, 5.41) is 4.89. The van der Waals surface area contributed by atoms with Crippen LogP contribution in [0.1, 0.15) is 18.4 Å². The van der Waals surface area contributed by atoms with Crippen LogP contribution in [0.3, 0.4) is 0 Å². The van der Waals surface area contributed by atoms with Gasteiger partial charge in [-0.3, -0.25) is 14.5 Å². The Morgan fingerprint density at radius 1 is 1.06 bits per heavy atom. The molecule has 34 heavy (non-hydrogen) atoms. The molecule has 2 aromatic rings. The zero-order valence-electron chi connectivity index (χ0n) is 18.8. The number of likely N-dealkylation sites (tertiary alicyclic amines) is 1. The number of hydrogen-bond donors (Lipinski definition) is 3. The predicted molar refractivity (Wildman–Crippen MR) is 124 cm³/mol. The van der Waals surface area contributed by atoms with E-state index in [-0.39, 0.29) is 42.0 Å². The summed E-state index contributed by atoms with van der Waals surface area (Å²) in [6.45, 7) is 3.15. The standard InChI is InChI=1S/C23H28F2N4O4S/c1-16-4-7-19(8-5-16)34(32,33)27-12-17-3-2-10-29(14-17)15-23(31)26-13-22(30)28-18-6-9-20(24)21(25)11-18/h4-9,11,17,27H,2-3,10,12-15H2,1H3,(H,26,31)(H,28,30). The fourth-order valence-electron chi connectivity index (χ4n) is 3.71. The number of anilines is 1. The summed E-state index contributed by atoms with van der Waals surface area (Å²) in [4.78, 5) is 26.3. The van der Waals surface area contributed by atoms with Crippen molar-refractivity contribution < 1.29 is 26.8 Å². The molecule has 11 heteroatoms. The van der Waals surface area contributed by atoms with Crippen molar-refractivity contribution >= 4 is 27.5 Å². The Morgan fingerprint density at radius 2 is 1.79 bits per heavy atom. The van der Waals surface area contributed by atoms with Gasteiger partial charge in [0.15, 0.2) is 11.6 Å². The molecule has 1 aliphatic heterocycles. The summed E-state index contributed by atoms with van der Waals surface area (Å²) in [5.41, 5.74) is 1.06. The van der Waals surface area contributed by atoms with Gasteiger partial charge in [-0.2, -0.15) is 0 Å². The van der Waals surface area contributed by atoms with Crippen LogP contribution < -0.4 is 15.4 Å². The summed E-state index contributed by atoms with van der Waals surface area (Å²) in [6, 6.07) is 9.60. The van der Waals surface area contributed by atoms with E-state index in [0.717, 1.165) is 30.5 Å². The number of nitrogens with one attached hydrogen (secondary N) is 3. The number of halogens is 2. The van der Waals surface area contributed by atoms with Crippen molar-refractivity contribution in [1.29, 1.82) is 0 Å². The molecule has 2 aromatic carbocycles. The third kappa shape index (κ3) is 7.57. The number of carbonyl (C=O) groups excluding carboxylic acids is 2. The quantitative estimate of drug-likeness (QED) is 0.495. The van der Waals surface area contributed by atoms with E-state index in [0.29, 0.717) is 13.1 Å². The summed E-state index contributed by atoms with van der Waals surface area (Å²) in [6.07, 6.45) is 1.66.